The lowest BCUT2D eigenvalue weighted by molar-refractivity contribution is -0.133. The second-order valence-electron chi connectivity index (χ2n) is 8.57. The van der Waals surface area contributed by atoms with Crippen molar-refractivity contribution in [1.29, 1.82) is 0 Å². The number of anilines is 1. The highest BCUT2D eigenvalue weighted by Crippen LogP contribution is 2.22. The first-order chi connectivity index (χ1) is 17.4. The van der Waals surface area contributed by atoms with Crippen molar-refractivity contribution in [1.82, 2.24) is 9.21 Å². The maximum Gasteiger partial charge on any atom is 0.260 e. The molecule has 0 bridgehead atoms. The summed E-state index contributed by atoms with van der Waals surface area (Å²) in [6.07, 6.45) is 0. The smallest absolute Gasteiger partial charge is 0.260 e. The summed E-state index contributed by atoms with van der Waals surface area (Å²) in [6, 6.07) is 23.5. The molecule has 1 saturated heterocycles. The molecule has 8 nitrogen and oxygen atoms in total. The lowest BCUT2D eigenvalue weighted by Crippen LogP contribution is -2.50. The summed E-state index contributed by atoms with van der Waals surface area (Å²) >= 11 is 0. The van der Waals surface area contributed by atoms with Crippen molar-refractivity contribution in [3.05, 3.63) is 84.4 Å². The first-order valence-electron chi connectivity index (χ1n) is 11.8. The van der Waals surface area contributed by atoms with Gasteiger partial charge in [-0.25, -0.2) is 8.42 Å². The summed E-state index contributed by atoms with van der Waals surface area (Å²) in [6.45, 7) is 2.88. The molecule has 0 N–H and O–H groups in total. The Morgan fingerprint density at radius 2 is 1.47 bits per heavy atom. The Morgan fingerprint density at radius 3 is 2.08 bits per heavy atom. The molecule has 0 saturated carbocycles. The fourth-order valence-electron chi connectivity index (χ4n) is 4.06. The van der Waals surface area contributed by atoms with Crippen molar-refractivity contribution in [3.63, 3.8) is 0 Å². The number of rotatable bonds is 9. The van der Waals surface area contributed by atoms with Crippen LogP contribution in [0.4, 0.5) is 5.69 Å². The topological polar surface area (TPSA) is 79.4 Å². The van der Waals surface area contributed by atoms with E-state index in [4.69, 9.17) is 9.47 Å². The Labute approximate surface area is 212 Å². The van der Waals surface area contributed by atoms with Crippen LogP contribution in [0, 0.1) is 0 Å². The highest BCUT2D eigenvalue weighted by atomic mass is 32.2. The second kappa shape index (κ2) is 11.5. The van der Waals surface area contributed by atoms with Gasteiger partial charge in [0.15, 0.2) is 6.61 Å². The van der Waals surface area contributed by atoms with Crippen molar-refractivity contribution >= 4 is 21.6 Å². The number of sulfonamides is 1. The van der Waals surface area contributed by atoms with Crippen LogP contribution in [-0.4, -0.2) is 70.5 Å². The molecular weight excluding hydrogens is 478 g/mol. The number of nitrogens with zero attached hydrogens (tertiary/aromatic N) is 3. The van der Waals surface area contributed by atoms with Crippen LogP contribution in [0.3, 0.4) is 0 Å². The van der Waals surface area contributed by atoms with Crippen LogP contribution < -0.4 is 14.4 Å². The molecule has 1 aliphatic rings. The number of benzene rings is 3. The summed E-state index contributed by atoms with van der Waals surface area (Å²) in [5, 5.41) is 0. The van der Waals surface area contributed by atoms with Gasteiger partial charge in [-0.3, -0.25) is 4.79 Å². The largest absolute Gasteiger partial charge is 0.497 e. The first-order valence-corrected chi connectivity index (χ1v) is 13.2. The molecule has 190 valence electrons. The van der Waals surface area contributed by atoms with Gasteiger partial charge in [0.2, 0.25) is 10.0 Å². The number of carbonyl (C=O) groups excluding carboxylic acids is 1. The van der Waals surface area contributed by atoms with Crippen molar-refractivity contribution in [3.8, 4) is 11.5 Å². The number of amides is 1. The van der Waals surface area contributed by atoms with Crippen molar-refractivity contribution in [2.24, 2.45) is 0 Å². The summed E-state index contributed by atoms with van der Waals surface area (Å²) < 4.78 is 38.0. The monoisotopic (exact) mass is 509 g/mol. The molecule has 3 aromatic rings. The summed E-state index contributed by atoms with van der Waals surface area (Å²) in [7, 11) is -0.446. The van der Waals surface area contributed by atoms with E-state index in [-0.39, 0.29) is 24.0 Å². The molecule has 0 atom stereocenters. The van der Waals surface area contributed by atoms with Gasteiger partial charge in [0.25, 0.3) is 5.91 Å². The maximum absolute atomic E-state index is 12.9. The molecule has 1 amide bonds. The van der Waals surface area contributed by atoms with Crippen LogP contribution in [0.2, 0.25) is 0 Å². The SMILES string of the molecule is COc1ccc(N2CCN(C(=O)COc3ccc(S(=O)(=O)N(C)Cc4ccccc4)cc3)CC2)cc1. The standard InChI is InChI=1S/C27H31N3O5S/c1-28(20-22-6-4-3-5-7-22)36(32,33)26-14-12-25(13-15-26)35-21-27(31)30-18-16-29(17-19-30)23-8-10-24(34-2)11-9-23/h3-15H,16-21H2,1-2H3. The van der Waals surface area contributed by atoms with Crippen LogP contribution in [0.5, 0.6) is 11.5 Å². The average Bonchev–Trinajstić information content (AvgIpc) is 2.92. The summed E-state index contributed by atoms with van der Waals surface area (Å²) in [4.78, 5) is 16.8. The van der Waals surface area contributed by atoms with Crippen molar-refractivity contribution in [2.45, 2.75) is 11.4 Å². The number of methoxy groups -OCH3 is 1. The minimum Gasteiger partial charge on any atom is -0.497 e. The zero-order valence-corrected chi connectivity index (χ0v) is 21.4. The predicted molar refractivity (Wildman–Crippen MR) is 139 cm³/mol. The van der Waals surface area contributed by atoms with Crippen molar-refractivity contribution in [2.75, 3.05) is 51.8 Å². The van der Waals surface area contributed by atoms with Gasteiger partial charge < -0.3 is 19.3 Å². The fraction of sp³-hybridized carbons (Fsp3) is 0.296. The van der Waals surface area contributed by atoms with E-state index in [9.17, 15) is 13.2 Å². The van der Waals surface area contributed by atoms with Gasteiger partial charge in [0, 0.05) is 45.5 Å². The summed E-state index contributed by atoms with van der Waals surface area (Å²) in [5.74, 6) is 1.17. The Balaban J connectivity index is 1.26. The molecule has 0 spiro atoms. The molecule has 1 aliphatic heterocycles. The third-order valence-corrected chi connectivity index (χ3v) is 8.03. The molecule has 0 radical (unpaired) electrons. The Morgan fingerprint density at radius 1 is 0.861 bits per heavy atom. The molecule has 4 rings (SSSR count). The van der Waals surface area contributed by atoms with E-state index in [1.165, 1.54) is 16.4 Å². The number of ether oxygens (including phenoxy) is 2. The van der Waals surface area contributed by atoms with E-state index in [0.29, 0.717) is 18.8 Å². The molecule has 0 aliphatic carbocycles. The average molecular weight is 510 g/mol. The Bertz CT molecular complexity index is 1240. The van der Waals surface area contributed by atoms with Crippen LogP contribution >= 0.6 is 0 Å². The highest BCUT2D eigenvalue weighted by Gasteiger charge is 2.23. The van der Waals surface area contributed by atoms with E-state index < -0.39 is 10.0 Å². The van der Waals surface area contributed by atoms with E-state index in [1.807, 2.05) is 54.6 Å². The van der Waals surface area contributed by atoms with E-state index in [1.54, 1.807) is 31.2 Å². The van der Waals surface area contributed by atoms with Gasteiger partial charge in [-0.15, -0.1) is 0 Å². The van der Waals surface area contributed by atoms with Gasteiger partial charge >= 0.3 is 0 Å². The van der Waals surface area contributed by atoms with Crippen LogP contribution in [0.1, 0.15) is 5.56 Å². The number of hydrogen-bond donors (Lipinski definition) is 0. The normalized spacial score (nSPS) is 14.1. The predicted octanol–water partition coefficient (Wildman–Crippen LogP) is 3.24. The van der Waals surface area contributed by atoms with E-state index in [0.717, 1.165) is 30.1 Å². The number of carbonyl (C=O) groups is 1. The molecule has 3 aromatic carbocycles. The molecular formula is C27H31N3O5S. The van der Waals surface area contributed by atoms with Crippen molar-refractivity contribution < 1.29 is 22.7 Å². The third kappa shape index (κ3) is 6.16. The number of piperazine rings is 1. The fourth-order valence-corrected chi connectivity index (χ4v) is 5.22. The molecule has 36 heavy (non-hydrogen) atoms. The van der Waals surface area contributed by atoms with Gasteiger partial charge in [-0.05, 0) is 54.1 Å². The second-order valence-corrected chi connectivity index (χ2v) is 10.6. The van der Waals surface area contributed by atoms with E-state index in [2.05, 4.69) is 4.90 Å². The maximum atomic E-state index is 12.9. The zero-order valence-electron chi connectivity index (χ0n) is 20.5. The van der Waals surface area contributed by atoms with Gasteiger partial charge in [0.05, 0.1) is 12.0 Å². The van der Waals surface area contributed by atoms with Gasteiger partial charge in [0.1, 0.15) is 11.5 Å². The minimum absolute atomic E-state index is 0.0938. The first kappa shape index (κ1) is 25.5. The molecule has 0 aromatic heterocycles. The Hall–Kier alpha value is -3.56. The van der Waals surface area contributed by atoms with Gasteiger partial charge in [-0.2, -0.15) is 4.31 Å². The number of hydrogen-bond acceptors (Lipinski definition) is 6. The molecule has 9 heteroatoms. The molecule has 1 fully saturated rings. The highest BCUT2D eigenvalue weighted by molar-refractivity contribution is 7.89. The Kier molecular flexibility index (Phi) is 8.12. The quantitative estimate of drug-likeness (QED) is 0.441. The molecule has 1 heterocycles. The lowest BCUT2D eigenvalue weighted by atomic mass is 10.2. The van der Waals surface area contributed by atoms with Crippen LogP contribution in [0.15, 0.2) is 83.8 Å². The van der Waals surface area contributed by atoms with E-state index >= 15 is 0 Å². The van der Waals surface area contributed by atoms with Crippen LogP contribution in [0.25, 0.3) is 0 Å². The minimum atomic E-state index is -3.64. The summed E-state index contributed by atoms with van der Waals surface area (Å²) in [5.41, 5.74) is 2.01. The van der Waals surface area contributed by atoms with Gasteiger partial charge in [-0.1, -0.05) is 30.3 Å². The lowest BCUT2D eigenvalue weighted by Gasteiger charge is -2.36. The molecule has 0 unspecified atom stereocenters. The van der Waals surface area contributed by atoms with Crippen LogP contribution in [-0.2, 0) is 21.4 Å². The third-order valence-electron chi connectivity index (χ3n) is 6.21. The zero-order chi connectivity index (χ0) is 25.5.